The highest BCUT2D eigenvalue weighted by molar-refractivity contribution is 6.08. The Morgan fingerprint density at radius 1 is 0.794 bits per heavy atom. The summed E-state index contributed by atoms with van der Waals surface area (Å²) in [6.07, 6.45) is 1.55. The zero-order valence-corrected chi connectivity index (χ0v) is 19.9. The molecule has 0 saturated heterocycles. The van der Waals surface area contributed by atoms with Crippen LogP contribution >= 0.6 is 0 Å². The van der Waals surface area contributed by atoms with Crippen molar-refractivity contribution in [2.75, 3.05) is 27.4 Å². The normalized spacial score (nSPS) is 9.62. The van der Waals surface area contributed by atoms with Crippen molar-refractivity contribution in [3.05, 3.63) is 101 Å². The Morgan fingerprint density at radius 2 is 1.41 bits per heavy atom. The molecule has 0 unspecified atom stereocenters. The molecule has 5 nitrogen and oxygen atoms in total. The fourth-order valence-corrected chi connectivity index (χ4v) is 2.82. The van der Waals surface area contributed by atoms with Crippen LogP contribution in [0, 0.1) is 11.8 Å². The van der Waals surface area contributed by atoms with Crippen molar-refractivity contribution in [2.45, 2.75) is 19.8 Å². The number of carbonyl (C=O) groups excluding carboxylic acids is 2. The van der Waals surface area contributed by atoms with Gasteiger partial charge < -0.3 is 14.2 Å². The summed E-state index contributed by atoms with van der Waals surface area (Å²) in [5, 5.41) is 0. The van der Waals surface area contributed by atoms with Gasteiger partial charge in [0, 0.05) is 37.1 Å². The summed E-state index contributed by atoms with van der Waals surface area (Å²) in [6.45, 7) is 2.59. The monoisotopic (exact) mass is 458 g/mol. The van der Waals surface area contributed by atoms with Crippen LogP contribution in [0.25, 0.3) is 0 Å². The van der Waals surface area contributed by atoms with Crippen molar-refractivity contribution in [1.82, 2.24) is 0 Å². The Labute approximate surface area is 201 Å². The van der Waals surface area contributed by atoms with Gasteiger partial charge in [-0.25, -0.2) is 0 Å². The molecule has 0 saturated carbocycles. The molecule has 0 bridgehead atoms. The smallest absolute Gasteiger partial charge is 0.302 e. The number of hydrogen-bond acceptors (Lipinski definition) is 5. The lowest BCUT2D eigenvalue weighted by atomic mass is 10.0. The van der Waals surface area contributed by atoms with Crippen LogP contribution in [0.15, 0.2) is 78.9 Å². The summed E-state index contributed by atoms with van der Waals surface area (Å²) in [5.41, 5.74) is 3.57. The predicted octanol–water partition coefficient (Wildman–Crippen LogP) is 5.11. The zero-order valence-electron chi connectivity index (χ0n) is 19.9. The van der Waals surface area contributed by atoms with Gasteiger partial charge in [-0.15, -0.1) is 0 Å². The lowest BCUT2D eigenvalue weighted by Crippen LogP contribution is -2.01. The zero-order chi connectivity index (χ0) is 24.6. The van der Waals surface area contributed by atoms with Gasteiger partial charge in [-0.05, 0) is 48.4 Å². The second-order valence-electron chi connectivity index (χ2n) is 7.26. The lowest BCUT2D eigenvalue weighted by molar-refractivity contribution is -0.137. The topological polar surface area (TPSA) is 61.8 Å². The second kappa shape index (κ2) is 15.0. The highest BCUT2D eigenvalue weighted by Crippen LogP contribution is 2.15. The van der Waals surface area contributed by atoms with E-state index in [-0.39, 0.29) is 11.8 Å². The van der Waals surface area contributed by atoms with E-state index >= 15 is 0 Å². The number of hydrogen-bond donors (Lipinski definition) is 0. The number of rotatable bonds is 8. The molecule has 0 N–H and O–H groups in total. The molecule has 0 aliphatic carbocycles. The Hall–Kier alpha value is -3.88. The fourth-order valence-electron chi connectivity index (χ4n) is 2.82. The molecule has 176 valence electrons. The van der Waals surface area contributed by atoms with Crippen LogP contribution in [0.3, 0.4) is 0 Å². The third-order valence-electron chi connectivity index (χ3n) is 4.72. The molecule has 3 rings (SSSR count). The Morgan fingerprint density at radius 3 is 2.00 bits per heavy atom. The first-order valence-corrected chi connectivity index (χ1v) is 11.0. The highest BCUT2D eigenvalue weighted by atomic mass is 16.5. The fraction of sp³-hybridized carbons (Fsp3) is 0.241. The van der Waals surface area contributed by atoms with Gasteiger partial charge in [0.15, 0.2) is 5.78 Å². The summed E-state index contributed by atoms with van der Waals surface area (Å²) in [4.78, 5) is 22.0. The van der Waals surface area contributed by atoms with Crippen molar-refractivity contribution < 1.29 is 23.8 Å². The van der Waals surface area contributed by atoms with Crippen LogP contribution in [-0.4, -0.2) is 39.2 Å². The van der Waals surface area contributed by atoms with Crippen LogP contribution in [-0.2, 0) is 20.7 Å². The van der Waals surface area contributed by atoms with E-state index in [0.29, 0.717) is 24.2 Å². The molecule has 0 heterocycles. The van der Waals surface area contributed by atoms with Crippen molar-refractivity contribution in [2.24, 2.45) is 0 Å². The van der Waals surface area contributed by atoms with E-state index in [1.807, 2.05) is 54.6 Å². The summed E-state index contributed by atoms with van der Waals surface area (Å²) >= 11 is 0. The molecule has 0 atom stereocenters. The molecule has 0 aliphatic rings. The maximum atomic E-state index is 12.4. The van der Waals surface area contributed by atoms with Gasteiger partial charge in [0.1, 0.15) is 5.75 Å². The molecule has 3 aromatic carbocycles. The van der Waals surface area contributed by atoms with E-state index < -0.39 is 0 Å². The molecule has 0 fully saturated rings. The van der Waals surface area contributed by atoms with Gasteiger partial charge in [0.05, 0.1) is 20.3 Å². The number of esters is 1. The van der Waals surface area contributed by atoms with E-state index in [9.17, 15) is 9.59 Å². The summed E-state index contributed by atoms with van der Waals surface area (Å²) in [6, 6.07) is 24.7. The predicted molar refractivity (Wildman–Crippen MR) is 133 cm³/mol. The summed E-state index contributed by atoms with van der Waals surface area (Å²) < 4.78 is 14.9. The molecule has 0 aromatic heterocycles. The van der Waals surface area contributed by atoms with Gasteiger partial charge >= 0.3 is 5.97 Å². The summed E-state index contributed by atoms with van der Waals surface area (Å²) in [5.74, 6) is 6.78. The number of methoxy groups -OCH3 is 2. The second-order valence-corrected chi connectivity index (χ2v) is 7.26. The van der Waals surface area contributed by atoms with E-state index in [1.165, 1.54) is 19.6 Å². The number of ether oxygens (including phenoxy) is 3. The van der Waals surface area contributed by atoms with Crippen molar-refractivity contribution in [3.8, 4) is 17.6 Å². The van der Waals surface area contributed by atoms with Crippen molar-refractivity contribution >= 4 is 11.8 Å². The quantitative estimate of drug-likeness (QED) is 0.203. The molecule has 0 radical (unpaired) electrons. The van der Waals surface area contributed by atoms with Gasteiger partial charge in [-0.1, -0.05) is 54.3 Å². The standard InChI is InChI=1S/C26H24O3.C3H6O2/c1-28-20-18-22-12-10-21(11-13-22)7-5-6-19-29-25-16-14-24(15-17-25)26(27)23-8-3-2-4-9-23;1-3(4)5-2/h2-4,8-17H,6,18-20H2,1H3;1-2H3. The molecule has 5 heteroatoms. The van der Waals surface area contributed by atoms with E-state index in [0.717, 1.165) is 24.3 Å². The minimum absolute atomic E-state index is 0.0104. The van der Waals surface area contributed by atoms with Crippen molar-refractivity contribution in [1.29, 1.82) is 0 Å². The minimum atomic E-state index is -0.245. The SMILES string of the molecule is COC(C)=O.COCCc1ccc(C#CCCOc2ccc(C(=O)c3ccccc3)cc2)cc1. The van der Waals surface area contributed by atoms with Crippen LogP contribution in [0.5, 0.6) is 5.75 Å². The van der Waals surface area contributed by atoms with Crippen LogP contribution in [0.2, 0.25) is 0 Å². The van der Waals surface area contributed by atoms with E-state index in [4.69, 9.17) is 9.47 Å². The number of ketones is 1. The largest absolute Gasteiger partial charge is 0.493 e. The Balaban J connectivity index is 0.000000739. The van der Waals surface area contributed by atoms with Crippen LogP contribution in [0.4, 0.5) is 0 Å². The van der Waals surface area contributed by atoms with Gasteiger partial charge in [-0.2, -0.15) is 0 Å². The van der Waals surface area contributed by atoms with E-state index in [2.05, 4.69) is 28.7 Å². The van der Waals surface area contributed by atoms with Crippen LogP contribution in [0.1, 0.15) is 40.4 Å². The molecule has 0 aliphatic heterocycles. The Kier molecular flexibility index (Phi) is 11.7. The van der Waals surface area contributed by atoms with Gasteiger partial charge in [0.2, 0.25) is 0 Å². The average Bonchev–Trinajstić information content (AvgIpc) is 2.88. The first-order chi connectivity index (χ1) is 16.5. The molecule has 3 aromatic rings. The molecular formula is C29H30O5. The maximum Gasteiger partial charge on any atom is 0.302 e. The third-order valence-corrected chi connectivity index (χ3v) is 4.72. The van der Waals surface area contributed by atoms with E-state index in [1.54, 1.807) is 19.2 Å². The minimum Gasteiger partial charge on any atom is -0.493 e. The van der Waals surface area contributed by atoms with Crippen molar-refractivity contribution in [3.63, 3.8) is 0 Å². The van der Waals surface area contributed by atoms with Gasteiger partial charge in [-0.3, -0.25) is 9.59 Å². The first kappa shape index (κ1) is 26.4. The molecule has 0 spiro atoms. The Bertz CT molecular complexity index is 1080. The maximum absolute atomic E-state index is 12.4. The van der Waals surface area contributed by atoms with Crippen LogP contribution < -0.4 is 4.74 Å². The third kappa shape index (κ3) is 9.72. The first-order valence-electron chi connectivity index (χ1n) is 11.0. The molecular weight excluding hydrogens is 428 g/mol. The molecule has 0 amide bonds. The summed E-state index contributed by atoms with van der Waals surface area (Å²) in [7, 11) is 3.06. The van der Waals surface area contributed by atoms with Gasteiger partial charge in [0.25, 0.3) is 0 Å². The average molecular weight is 459 g/mol. The highest BCUT2D eigenvalue weighted by Gasteiger charge is 2.08. The lowest BCUT2D eigenvalue weighted by Gasteiger charge is -2.05. The number of carbonyl (C=O) groups is 2. The molecule has 34 heavy (non-hydrogen) atoms. The number of benzene rings is 3.